The molecule has 0 unspecified atom stereocenters. The molecule has 2 heteroatoms. The monoisotopic (exact) mass is 647 g/mol. The molecule has 0 aliphatic rings. The van der Waals surface area contributed by atoms with Gasteiger partial charge in [0.15, 0.2) is 0 Å². The van der Waals surface area contributed by atoms with Crippen LogP contribution >= 0.6 is 0 Å². The minimum absolute atomic E-state index is 0.0237. The van der Waals surface area contributed by atoms with Crippen molar-refractivity contribution in [2.24, 2.45) is 0 Å². The van der Waals surface area contributed by atoms with Crippen LogP contribution in [-0.2, 0) is 9.53 Å². The molecule has 0 spiro atoms. The molecule has 0 N–H and O–H groups in total. The van der Waals surface area contributed by atoms with Crippen LogP contribution in [0.1, 0.15) is 258 Å². The molecule has 0 aliphatic heterocycles. The van der Waals surface area contributed by atoms with Gasteiger partial charge in [0.2, 0.25) is 0 Å². The zero-order valence-corrected chi connectivity index (χ0v) is 32.0. The van der Waals surface area contributed by atoms with Crippen molar-refractivity contribution in [2.45, 2.75) is 258 Å². The Hall–Kier alpha value is -0.790. The lowest BCUT2D eigenvalue weighted by atomic mass is 10.0. The minimum Gasteiger partial charge on any atom is -0.466 e. The number of unbranched alkanes of at least 4 members (excludes halogenated alkanes) is 34. The fraction of sp³-hybridized carbons (Fsp3) is 0.932. The summed E-state index contributed by atoms with van der Waals surface area (Å²) in [4.78, 5) is 12.0. The molecule has 274 valence electrons. The maximum absolute atomic E-state index is 12.0. The van der Waals surface area contributed by atoms with E-state index in [0.29, 0.717) is 13.0 Å². The van der Waals surface area contributed by atoms with Gasteiger partial charge < -0.3 is 4.74 Å². The molecule has 0 saturated heterocycles. The van der Waals surface area contributed by atoms with E-state index in [4.69, 9.17) is 4.74 Å². The van der Waals surface area contributed by atoms with E-state index in [2.05, 4.69) is 26.0 Å². The van der Waals surface area contributed by atoms with Crippen LogP contribution in [-0.4, -0.2) is 12.6 Å². The third kappa shape index (κ3) is 41.2. The second-order valence-corrected chi connectivity index (χ2v) is 14.7. The van der Waals surface area contributed by atoms with E-state index in [1.807, 2.05) is 0 Å². The lowest BCUT2D eigenvalue weighted by Gasteiger charge is -2.06. The number of hydrogen-bond donors (Lipinski definition) is 0. The molecule has 0 atom stereocenters. The molecule has 0 rings (SSSR count). The molecule has 0 fully saturated rings. The van der Waals surface area contributed by atoms with Crippen LogP contribution in [0.4, 0.5) is 0 Å². The van der Waals surface area contributed by atoms with Gasteiger partial charge in [0, 0.05) is 6.42 Å². The van der Waals surface area contributed by atoms with Gasteiger partial charge in [-0.05, 0) is 38.5 Å². The van der Waals surface area contributed by atoms with Gasteiger partial charge in [0.1, 0.15) is 0 Å². The van der Waals surface area contributed by atoms with Gasteiger partial charge >= 0.3 is 5.97 Å². The van der Waals surface area contributed by atoms with Crippen LogP contribution < -0.4 is 0 Å². The zero-order chi connectivity index (χ0) is 33.3. The van der Waals surface area contributed by atoms with Gasteiger partial charge in [-0.2, -0.15) is 0 Å². The van der Waals surface area contributed by atoms with Gasteiger partial charge in [-0.3, -0.25) is 4.79 Å². The zero-order valence-electron chi connectivity index (χ0n) is 32.0. The number of allylic oxidation sites excluding steroid dienone is 2. The maximum Gasteiger partial charge on any atom is 0.305 e. The van der Waals surface area contributed by atoms with Gasteiger partial charge in [0.05, 0.1) is 6.61 Å². The number of carbonyl (C=O) groups excluding carboxylic acids is 1. The third-order valence-electron chi connectivity index (χ3n) is 9.90. The Labute approximate surface area is 291 Å². The Balaban J connectivity index is 3.16. The Kier molecular flexibility index (Phi) is 41.5. The summed E-state index contributed by atoms with van der Waals surface area (Å²) >= 11 is 0. The molecule has 0 aromatic carbocycles. The van der Waals surface area contributed by atoms with Gasteiger partial charge in [-0.25, -0.2) is 0 Å². The third-order valence-corrected chi connectivity index (χ3v) is 9.90. The fourth-order valence-corrected chi connectivity index (χ4v) is 6.66. The predicted octanol–water partition coefficient (Wildman–Crippen LogP) is 15.9. The van der Waals surface area contributed by atoms with Crippen molar-refractivity contribution in [1.82, 2.24) is 0 Å². The van der Waals surface area contributed by atoms with E-state index < -0.39 is 0 Å². The van der Waals surface area contributed by atoms with Crippen LogP contribution in [0.15, 0.2) is 12.2 Å². The van der Waals surface area contributed by atoms with E-state index in [1.54, 1.807) is 0 Å². The lowest BCUT2D eigenvalue weighted by Crippen LogP contribution is -2.05. The highest BCUT2D eigenvalue weighted by molar-refractivity contribution is 5.69. The molecular formula is C44H86O2. The van der Waals surface area contributed by atoms with Crippen LogP contribution in [0.25, 0.3) is 0 Å². The molecule has 0 heterocycles. The Morgan fingerprint density at radius 1 is 0.348 bits per heavy atom. The average Bonchev–Trinajstić information content (AvgIpc) is 3.06. The van der Waals surface area contributed by atoms with Crippen molar-refractivity contribution in [3.8, 4) is 0 Å². The highest BCUT2D eigenvalue weighted by Gasteiger charge is 2.03. The van der Waals surface area contributed by atoms with Crippen molar-refractivity contribution in [3.05, 3.63) is 12.2 Å². The lowest BCUT2D eigenvalue weighted by molar-refractivity contribution is -0.143. The topological polar surface area (TPSA) is 26.3 Å². The molecule has 0 aromatic rings. The molecule has 0 amide bonds. The molecule has 2 nitrogen and oxygen atoms in total. The fourth-order valence-electron chi connectivity index (χ4n) is 6.66. The first-order valence-corrected chi connectivity index (χ1v) is 21.6. The number of rotatable bonds is 40. The molecule has 0 bridgehead atoms. The number of hydrogen-bond acceptors (Lipinski definition) is 2. The summed E-state index contributed by atoms with van der Waals surface area (Å²) in [6.45, 7) is 5.20. The number of esters is 1. The largest absolute Gasteiger partial charge is 0.466 e. The average molecular weight is 647 g/mol. The second-order valence-electron chi connectivity index (χ2n) is 14.7. The van der Waals surface area contributed by atoms with Crippen LogP contribution in [0.5, 0.6) is 0 Å². The first-order valence-electron chi connectivity index (χ1n) is 21.6. The van der Waals surface area contributed by atoms with E-state index >= 15 is 0 Å². The maximum atomic E-state index is 12.0. The standard InChI is InChI=1S/C44H86O2/c1-3-5-7-9-11-13-15-17-19-20-21-22-23-24-25-26-27-28-29-30-32-34-36-38-40-42-44(45)46-43-41-39-37-35-33-31-18-16-14-12-10-8-6-4-2/h14,16H,3-13,15,17-43H2,1-2H3/b16-14-. The normalized spacial score (nSPS) is 11.6. The van der Waals surface area contributed by atoms with Gasteiger partial charge in [-0.15, -0.1) is 0 Å². The quantitative estimate of drug-likeness (QED) is 0.0376. The van der Waals surface area contributed by atoms with Gasteiger partial charge in [-0.1, -0.05) is 225 Å². The van der Waals surface area contributed by atoms with E-state index in [1.165, 1.54) is 225 Å². The smallest absolute Gasteiger partial charge is 0.305 e. The van der Waals surface area contributed by atoms with Crippen LogP contribution in [0.2, 0.25) is 0 Å². The summed E-state index contributed by atoms with van der Waals surface area (Å²) in [5.41, 5.74) is 0. The molecular weight excluding hydrogens is 560 g/mol. The van der Waals surface area contributed by atoms with Crippen molar-refractivity contribution in [3.63, 3.8) is 0 Å². The molecule has 46 heavy (non-hydrogen) atoms. The summed E-state index contributed by atoms with van der Waals surface area (Å²) in [5, 5.41) is 0. The Morgan fingerprint density at radius 3 is 0.957 bits per heavy atom. The van der Waals surface area contributed by atoms with Crippen molar-refractivity contribution in [1.29, 1.82) is 0 Å². The number of ether oxygens (including phenoxy) is 1. The molecule has 0 aromatic heterocycles. The molecule has 0 radical (unpaired) electrons. The number of carbonyl (C=O) groups is 1. The first kappa shape index (κ1) is 45.2. The summed E-state index contributed by atoms with van der Waals surface area (Å²) in [6, 6.07) is 0. The van der Waals surface area contributed by atoms with Gasteiger partial charge in [0.25, 0.3) is 0 Å². The van der Waals surface area contributed by atoms with Crippen molar-refractivity contribution >= 4 is 5.97 Å². The van der Waals surface area contributed by atoms with E-state index in [0.717, 1.165) is 12.8 Å². The second kappa shape index (κ2) is 42.2. The SMILES string of the molecule is CCCCCC/C=C\CCCCCCCCOC(=O)CCCCCCCCCCCCCCCCCCCCCCCCCCC. The van der Waals surface area contributed by atoms with Crippen LogP contribution in [0.3, 0.4) is 0 Å². The minimum atomic E-state index is 0.0237. The Morgan fingerprint density at radius 2 is 0.609 bits per heavy atom. The Bertz CT molecular complexity index is 582. The summed E-state index contributed by atoms with van der Waals surface area (Å²) in [5.74, 6) is 0.0237. The van der Waals surface area contributed by atoms with E-state index in [9.17, 15) is 4.79 Å². The highest BCUT2D eigenvalue weighted by atomic mass is 16.5. The van der Waals surface area contributed by atoms with Crippen LogP contribution in [0, 0.1) is 0 Å². The summed E-state index contributed by atoms with van der Waals surface area (Å²) in [7, 11) is 0. The van der Waals surface area contributed by atoms with Crippen molar-refractivity contribution in [2.75, 3.05) is 6.61 Å². The van der Waals surface area contributed by atoms with Crippen molar-refractivity contribution < 1.29 is 9.53 Å². The first-order chi connectivity index (χ1) is 22.8. The van der Waals surface area contributed by atoms with E-state index in [-0.39, 0.29) is 5.97 Å². The summed E-state index contributed by atoms with van der Waals surface area (Å²) in [6.07, 6.45) is 56.0. The molecule has 0 aliphatic carbocycles. The molecule has 0 saturated carbocycles. The highest BCUT2D eigenvalue weighted by Crippen LogP contribution is 2.16. The summed E-state index contributed by atoms with van der Waals surface area (Å²) < 4.78 is 5.46. The predicted molar refractivity (Wildman–Crippen MR) is 207 cm³/mol.